The minimum Gasteiger partial charge on any atom is -0.330 e. The molecule has 0 aliphatic rings. The summed E-state index contributed by atoms with van der Waals surface area (Å²) in [6.07, 6.45) is 3.35. The van der Waals surface area contributed by atoms with Crippen molar-refractivity contribution in [2.75, 3.05) is 6.54 Å². The van der Waals surface area contributed by atoms with Crippen LogP contribution < -0.4 is 5.73 Å². The summed E-state index contributed by atoms with van der Waals surface area (Å²) in [6, 6.07) is 0. The van der Waals surface area contributed by atoms with Crippen molar-refractivity contribution in [3.63, 3.8) is 0 Å². The first-order valence-corrected chi connectivity index (χ1v) is 3.22. The van der Waals surface area contributed by atoms with Crippen molar-refractivity contribution in [1.82, 2.24) is 0 Å². The molecule has 0 heterocycles. The molecule has 0 aliphatic heterocycles. The van der Waals surface area contributed by atoms with Gasteiger partial charge in [-0.25, -0.2) is 14.4 Å². The third-order valence-electron chi connectivity index (χ3n) is 1.15. The van der Waals surface area contributed by atoms with Gasteiger partial charge in [0.1, 0.15) is 0 Å². The fourth-order valence-corrected chi connectivity index (χ4v) is 0.656. The number of hydrogen-bond donors (Lipinski definition) is 1. The van der Waals surface area contributed by atoms with E-state index in [4.69, 9.17) is 5.73 Å². The van der Waals surface area contributed by atoms with Gasteiger partial charge in [0.05, 0.1) is 0 Å². The fourth-order valence-electron chi connectivity index (χ4n) is 0.656. The Morgan fingerprint density at radius 3 is 1.62 bits per heavy atom. The van der Waals surface area contributed by atoms with Gasteiger partial charge in [-0.3, -0.25) is 0 Å². The molecule has 0 unspecified atom stereocenters. The van der Waals surface area contributed by atoms with Crippen LogP contribution in [0.1, 0.15) is 6.42 Å². The molecule has 0 aromatic heterocycles. The summed E-state index contributed by atoms with van der Waals surface area (Å²) in [5.41, 5.74) is 5.14. The first-order chi connectivity index (χ1) is 6.24. The first kappa shape index (κ1) is 11.1. The number of isocyanates is 3. The summed E-state index contributed by atoms with van der Waals surface area (Å²) in [4.78, 5) is 39.0. The van der Waals surface area contributed by atoms with Crippen molar-refractivity contribution in [2.45, 2.75) is 12.2 Å². The maximum Gasteiger partial charge on any atom is 0.278 e. The second-order valence-corrected chi connectivity index (χ2v) is 1.92. The molecule has 68 valence electrons. The van der Waals surface area contributed by atoms with Crippen LogP contribution in [0.25, 0.3) is 0 Å². The molecule has 0 saturated carbocycles. The van der Waals surface area contributed by atoms with Crippen LogP contribution in [0.4, 0.5) is 0 Å². The standard InChI is InChI=1S/C6H6N4O3/c7-2-1-6(8-3-11,9-4-12)10-5-13/h1-2,7H2. The molecule has 0 saturated heterocycles. The zero-order valence-corrected chi connectivity index (χ0v) is 6.56. The highest BCUT2D eigenvalue weighted by molar-refractivity contribution is 5.42. The third-order valence-corrected chi connectivity index (χ3v) is 1.15. The number of aliphatic imine (C=N–C) groups is 3. The molecule has 0 rings (SSSR count). The van der Waals surface area contributed by atoms with Gasteiger partial charge in [-0.15, -0.1) is 0 Å². The highest BCUT2D eigenvalue weighted by atomic mass is 16.1. The smallest absolute Gasteiger partial charge is 0.278 e. The lowest BCUT2D eigenvalue weighted by molar-refractivity contribution is 0.425. The number of rotatable bonds is 5. The minimum atomic E-state index is -1.82. The molecule has 0 spiro atoms. The van der Waals surface area contributed by atoms with Crippen LogP contribution in [0.2, 0.25) is 0 Å². The lowest BCUT2D eigenvalue weighted by Gasteiger charge is -2.12. The van der Waals surface area contributed by atoms with E-state index < -0.39 is 5.79 Å². The number of hydrogen-bond acceptors (Lipinski definition) is 7. The Morgan fingerprint density at radius 1 is 1.00 bits per heavy atom. The van der Waals surface area contributed by atoms with Crippen LogP contribution in [0.5, 0.6) is 0 Å². The van der Waals surface area contributed by atoms with Crippen molar-refractivity contribution < 1.29 is 14.4 Å². The molecule has 0 radical (unpaired) electrons. The van der Waals surface area contributed by atoms with E-state index in [0.717, 1.165) is 18.2 Å². The Hall–Kier alpha value is -1.90. The molecule has 0 aromatic rings. The Bertz CT molecular complexity index is 262. The van der Waals surface area contributed by atoms with Gasteiger partial charge in [0, 0.05) is 6.42 Å². The third kappa shape index (κ3) is 3.33. The Kier molecular flexibility index (Phi) is 4.88. The predicted molar refractivity (Wildman–Crippen MR) is 40.8 cm³/mol. The Balaban J connectivity index is 5.12. The van der Waals surface area contributed by atoms with Crippen LogP contribution in [0.15, 0.2) is 15.0 Å². The molecule has 2 N–H and O–H groups in total. The second-order valence-electron chi connectivity index (χ2n) is 1.92. The fraction of sp³-hybridized carbons (Fsp3) is 0.500. The second kappa shape index (κ2) is 5.71. The SMILES string of the molecule is NCCC(N=C=O)(N=C=O)N=C=O. The molecular weight excluding hydrogens is 176 g/mol. The number of nitrogens with two attached hydrogens (primary N) is 1. The average molecular weight is 182 g/mol. The topological polar surface area (TPSA) is 114 Å². The minimum absolute atomic E-state index is 0.0432. The van der Waals surface area contributed by atoms with Gasteiger partial charge < -0.3 is 5.73 Å². The average Bonchev–Trinajstić information content (AvgIpc) is 2.06. The van der Waals surface area contributed by atoms with Gasteiger partial charge in [0.15, 0.2) is 0 Å². The number of nitrogens with zero attached hydrogens (tertiary/aromatic N) is 3. The van der Waals surface area contributed by atoms with Gasteiger partial charge in [-0.2, -0.15) is 15.0 Å². The van der Waals surface area contributed by atoms with E-state index in [9.17, 15) is 14.4 Å². The van der Waals surface area contributed by atoms with Gasteiger partial charge in [0.25, 0.3) is 5.79 Å². The van der Waals surface area contributed by atoms with Crippen molar-refractivity contribution in [1.29, 1.82) is 0 Å². The highest BCUT2D eigenvalue weighted by Gasteiger charge is 2.27. The van der Waals surface area contributed by atoms with Gasteiger partial charge in [-0.1, -0.05) is 0 Å². The van der Waals surface area contributed by atoms with Gasteiger partial charge >= 0.3 is 0 Å². The first-order valence-electron chi connectivity index (χ1n) is 3.22. The summed E-state index contributed by atoms with van der Waals surface area (Å²) in [5.74, 6) is -1.82. The van der Waals surface area contributed by atoms with E-state index >= 15 is 0 Å². The molecule has 7 nitrogen and oxygen atoms in total. The normalized spacial score (nSPS) is 12.7. The van der Waals surface area contributed by atoms with Crippen molar-refractivity contribution in [3.05, 3.63) is 0 Å². The molecule has 0 fully saturated rings. The molecule has 0 amide bonds. The van der Waals surface area contributed by atoms with Crippen molar-refractivity contribution in [3.8, 4) is 0 Å². The Morgan fingerprint density at radius 2 is 1.38 bits per heavy atom. The molecular formula is C6H6N4O3. The molecule has 0 atom stereocenters. The monoisotopic (exact) mass is 182 g/mol. The summed E-state index contributed by atoms with van der Waals surface area (Å²) in [6.45, 7) is 0.0432. The quantitative estimate of drug-likeness (QED) is 0.433. The van der Waals surface area contributed by atoms with Crippen LogP contribution in [-0.4, -0.2) is 30.6 Å². The maximum absolute atomic E-state index is 9.93. The van der Waals surface area contributed by atoms with E-state index in [0.29, 0.717) is 0 Å². The van der Waals surface area contributed by atoms with E-state index in [1.165, 1.54) is 0 Å². The van der Waals surface area contributed by atoms with Crippen molar-refractivity contribution >= 4 is 18.2 Å². The lowest BCUT2D eigenvalue weighted by Crippen LogP contribution is -2.24. The largest absolute Gasteiger partial charge is 0.330 e. The zero-order chi connectivity index (χ0) is 10.2. The maximum atomic E-state index is 9.93. The summed E-state index contributed by atoms with van der Waals surface area (Å²) in [7, 11) is 0. The predicted octanol–water partition coefficient (Wildman–Crippen LogP) is -1.00. The Labute approximate surface area is 73.1 Å². The van der Waals surface area contributed by atoms with E-state index in [1.54, 1.807) is 0 Å². The molecule has 0 aromatic carbocycles. The summed E-state index contributed by atoms with van der Waals surface area (Å²) in [5, 5.41) is 0. The van der Waals surface area contributed by atoms with E-state index in [1.807, 2.05) is 0 Å². The highest BCUT2D eigenvalue weighted by Crippen LogP contribution is 2.17. The van der Waals surface area contributed by atoms with E-state index in [-0.39, 0.29) is 13.0 Å². The molecule has 13 heavy (non-hydrogen) atoms. The molecule has 0 bridgehead atoms. The molecule has 0 aliphatic carbocycles. The molecule has 7 heteroatoms. The van der Waals surface area contributed by atoms with Gasteiger partial charge in [0.2, 0.25) is 18.2 Å². The number of carbonyl (C=O) groups excluding carboxylic acids is 3. The van der Waals surface area contributed by atoms with Gasteiger partial charge in [-0.05, 0) is 6.54 Å². The van der Waals surface area contributed by atoms with E-state index in [2.05, 4.69) is 15.0 Å². The van der Waals surface area contributed by atoms with Crippen LogP contribution in [0, 0.1) is 0 Å². The summed E-state index contributed by atoms with van der Waals surface area (Å²) >= 11 is 0. The van der Waals surface area contributed by atoms with Crippen molar-refractivity contribution in [2.24, 2.45) is 20.7 Å². The van der Waals surface area contributed by atoms with Crippen LogP contribution in [0.3, 0.4) is 0 Å². The van der Waals surface area contributed by atoms with Crippen LogP contribution in [-0.2, 0) is 14.4 Å². The zero-order valence-electron chi connectivity index (χ0n) is 6.56. The lowest BCUT2D eigenvalue weighted by atomic mass is 10.2. The summed E-state index contributed by atoms with van der Waals surface area (Å²) < 4.78 is 0. The van der Waals surface area contributed by atoms with Crippen LogP contribution >= 0.6 is 0 Å².